The fourth-order valence-electron chi connectivity index (χ4n) is 0.421. The maximum absolute atomic E-state index is 10.2. The summed E-state index contributed by atoms with van der Waals surface area (Å²) in [5, 5.41) is 8.14. The number of rotatable bonds is 4. The van der Waals surface area contributed by atoms with E-state index in [1.165, 1.54) is 0 Å². The van der Waals surface area contributed by atoms with Crippen molar-refractivity contribution in [1.82, 2.24) is 0 Å². The molecule has 0 radical (unpaired) electrons. The van der Waals surface area contributed by atoms with Crippen LogP contribution < -0.4 is 11.5 Å². The SMILES string of the molecule is NC(=O)[C@@H](N)CCC(=O)O. The van der Waals surface area contributed by atoms with Gasteiger partial charge in [-0.05, 0) is 6.42 Å². The number of amides is 1. The molecule has 1 atom stereocenters. The van der Waals surface area contributed by atoms with Crippen molar-refractivity contribution < 1.29 is 14.7 Å². The summed E-state index contributed by atoms with van der Waals surface area (Å²) in [7, 11) is 0. The first kappa shape index (κ1) is 8.90. The normalized spacial score (nSPS) is 12.5. The van der Waals surface area contributed by atoms with Crippen molar-refractivity contribution in [1.29, 1.82) is 0 Å². The topological polar surface area (TPSA) is 106 Å². The summed E-state index contributed by atoms with van der Waals surface area (Å²) < 4.78 is 0. The van der Waals surface area contributed by atoms with E-state index < -0.39 is 17.9 Å². The van der Waals surface area contributed by atoms with Crippen molar-refractivity contribution in [3.63, 3.8) is 0 Å². The lowest BCUT2D eigenvalue weighted by Crippen LogP contribution is -2.36. The number of aliphatic carboxylic acids is 1. The monoisotopic (exact) mass is 146 g/mol. The van der Waals surface area contributed by atoms with Crippen LogP contribution in [0.3, 0.4) is 0 Å². The third kappa shape index (κ3) is 3.85. The molecule has 0 aromatic heterocycles. The molecule has 0 aliphatic heterocycles. The van der Waals surface area contributed by atoms with E-state index in [4.69, 9.17) is 16.6 Å². The van der Waals surface area contributed by atoms with E-state index in [0.717, 1.165) is 0 Å². The molecular weight excluding hydrogens is 136 g/mol. The maximum atomic E-state index is 10.2. The average Bonchev–Trinajstić information content (AvgIpc) is 1.82. The molecule has 5 nitrogen and oxygen atoms in total. The first-order chi connectivity index (χ1) is 4.54. The molecule has 0 unspecified atom stereocenters. The van der Waals surface area contributed by atoms with Gasteiger partial charge in [0.25, 0.3) is 0 Å². The number of primary amides is 1. The fraction of sp³-hybridized carbons (Fsp3) is 0.600. The highest BCUT2D eigenvalue weighted by molar-refractivity contribution is 5.80. The predicted octanol–water partition coefficient (Wildman–Crippen LogP) is -1.34. The van der Waals surface area contributed by atoms with E-state index in [-0.39, 0.29) is 12.8 Å². The van der Waals surface area contributed by atoms with Gasteiger partial charge in [0.15, 0.2) is 0 Å². The van der Waals surface area contributed by atoms with E-state index >= 15 is 0 Å². The van der Waals surface area contributed by atoms with Crippen LogP contribution in [0.2, 0.25) is 0 Å². The Kier molecular flexibility index (Phi) is 3.42. The number of hydrogen-bond donors (Lipinski definition) is 3. The zero-order valence-corrected chi connectivity index (χ0v) is 5.41. The van der Waals surface area contributed by atoms with Gasteiger partial charge in [-0.2, -0.15) is 0 Å². The van der Waals surface area contributed by atoms with Gasteiger partial charge in [-0.25, -0.2) is 0 Å². The van der Waals surface area contributed by atoms with Crippen molar-refractivity contribution in [2.75, 3.05) is 0 Å². The van der Waals surface area contributed by atoms with Crippen LogP contribution in [0.25, 0.3) is 0 Å². The predicted molar refractivity (Wildman–Crippen MR) is 34.0 cm³/mol. The first-order valence-corrected chi connectivity index (χ1v) is 2.80. The Balaban J connectivity index is 3.49. The van der Waals surface area contributed by atoms with Crippen molar-refractivity contribution >= 4 is 11.9 Å². The molecule has 0 aliphatic carbocycles. The Hall–Kier alpha value is -1.10. The minimum atomic E-state index is -0.975. The van der Waals surface area contributed by atoms with Gasteiger partial charge < -0.3 is 16.6 Å². The van der Waals surface area contributed by atoms with E-state index in [1.807, 2.05) is 0 Å². The van der Waals surface area contributed by atoms with E-state index in [2.05, 4.69) is 0 Å². The minimum Gasteiger partial charge on any atom is -0.481 e. The molecule has 0 spiro atoms. The molecule has 1 amide bonds. The molecule has 0 bridgehead atoms. The van der Waals surface area contributed by atoms with Crippen LogP contribution in [0.1, 0.15) is 12.8 Å². The molecule has 58 valence electrons. The highest BCUT2D eigenvalue weighted by Gasteiger charge is 2.10. The molecule has 5 heteroatoms. The van der Waals surface area contributed by atoms with Crippen LogP contribution in [0, 0.1) is 0 Å². The Morgan fingerprint density at radius 2 is 2.00 bits per heavy atom. The average molecular weight is 146 g/mol. The molecular formula is C5H10N2O3. The maximum Gasteiger partial charge on any atom is 0.303 e. The summed E-state index contributed by atoms with van der Waals surface area (Å²) in [6.45, 7) is 0. The Bertz CT molecular complexity index is 146. The largest absolute Gasteiger partial charge is 0.481 e. The van der Waals surface area contributed by atoms with E-state index in [1.54, 1.807) is 0 Å². The number of carboxylic acid groups (broad SMARTS) is 1. The van der Waals surface area contributed by atoms with Crippen molar-refractivity contribution in [3.05, 3.63) is 0 Å². The van der Waals surface area contributed by atoms with Gasteiger partial charge in [-0.15, -0.1) is 0 Å². The van der Waals surface area contributed by atoms with Gasteiger partial charge in [0.1, 0.15) is 0 Å². The number of nitrogens with two attached hydrogens (primary N) is 2. The van der Waals surface area contributed by atoms with Gasteiger partial charge in [0, 0.05) is 6.42 Å². The summed E-state index contributed by atoms with van der Waals surface area (Å²) in [5.74, 6) is -1.64. The number of carbonyl (C=O) groups excluding carboxylic acids is 1. The van der Waals surface area contributed by atoms with Gasteiger partial charge in [0.2, 0.25) is 5.91 Å². The van der Waals surface area contributed by atoms with Crippen LogP contribution in [-0.4, -0.2) is 23.0 Å². The minimum absolute atomic E-state index is 0.102. The third-order valence-electron chi connectivity index (χ3n) is 1.03. The molecule has 0 fully saturated rings. The van der Waals surface area contributed by atoms with Gasteiger partial charge >= 0.3 is 5.97 Å². The lowest BCUT2D eigenvalue weighted by atomic mass is 10.1. The molecule has 5 N–H and O–H groups in total. The van der Waals surface area contributed by atoms with Crippen LogP contribution >= 0.6 is 0 Å². The summed E-state index contributed by atoms with van der Waals surface area (Å²) in [5.41, 5.74) is 9.89. The highest BCUT2D eigenvalue weighted by Crippen LogP contribution is 1.92. The van der Waals surface area contributed by atoms with Gasteiger partial charge in [-0.3, -0.25) is 9.59 Å². The molecule has 0 aromatic carbocycles. The molecule has 0 rings (SSSR count). The van der Waals surface area contributed by atoms with Crippen LogP contribution in [0.15, 0.2) is 0 Å². The lowest BCUT2D eigenvalue weighted by Gasteiger charge is -2.02. The number of carboxylic acids is 1. The molecule has 0 heterocycles. The van der Waals surface area contributed by atoms with Crippen LogP contribution in [-0.2, 0) is 9.59 Å². The molecule has 0 aromatic rings. The molecule has 10 heavy (non-hydrogen) atoms. The molecule has 0 saturated carbocycles. The lowest BCUT2D eigenvalue weighted by molar-refractivity contribution is -0.137. The summed E-state index contributed by atoms with van der Waals surface area (Å²) in [6, 6.07) is -0.837. The summed E-state index contributed by atoms with van der Waals surface area (Å²) in [6.07, 6.45) is -0.0191. The van der Waals surface area contributed by atoms with Crippen molar-refractivity contribution in [2.45, 2.75) is 18.9 Å². The van der Waals surface area contributed by atoms with Gasteiger partial charge in [-0.1, -0.05) is 0 Å². The zero-order chi connectivity index (χ0) is 8.15. The Morgan fingerprint density at radius 3 is 2.30 bits per heavy atom. The Labute approximate surface area is 58.0 Å². The smallest absolute Gasteiger partial charge is 0.303 e. The van der Waals surface area contributed by atoms with E-state index in [9.17, 15) is 9.59 Å². The number of carbonyl (C=O) groups is 2. The highest BCUT2D eigenvalue weighted by atomic mass is 16.4. The first-order valence-electron chi connectivity index (χ1n) is 2.80. The quantitative estimate of drug-likeness (QED) is 0.456. The molecule has 0 saturated heterocycles. The second-order valence-corrected chi connectivity index (χ2v) is 1.94. The second kappa shape index (κ2) is 3.84. The third-order valence-corrected chi connectivity index (χ3v) is 1.03. The Morgan fingerprint density at radius 1 is 1.50 bits per heavy atom. The summed E-state index contributed by atoms with van der Waals surface area (Å²) >= 11 is 0. The van der Waals surface area contributed by atoms with Crippen molar-refractivity contribution in [2.24, 2.45) is 11.5 Å². The second-order valence-electron chi connectivity index (χ2n) is 1.94. The fourth-order valence-corrected chi connectivity index (χ4v) is 0.421. The standard InChI is InChI=1S/C5H10N2O3/c6-3(5(7)10)1-2-4(8)9/h3H,1-2,6H2,(H2,7,10)(H,8,9)/t3-/m0/s1. The molecule has 0 aliphatic rings. The summed E-state index contributed by atoms with van der Waals surface area (Å²) in [4.78, 5) is 20.1. The zero-order valence-electron chi connectivity index (χ0n) is 5.41. The van der Waals surface area contributed by atoms with Crippen LogP contribution in [0.5, 0.6) is 0 Å². The van der Waals surface area contributed by atoms with Crippen molar-refractivity contribution in [3.8, 4) is 0 Å². The van der Waals surface area contributed by atoms with Crippen LogP contribution in [0.4, 0.5) is 0 Å². The van der Waals surface area contributed by atoms with Gasteiger partial charge in [0.05, 0.1) is 6.04 Å². The van der Waals surface area contributed by atoms with E-state index in [0.29, 0.717) is 0 Å². The number of hydrogen-bond acceptors (Lipinski definition) is 3.